The minimum absolute atomic E-state index is 0.574. The van der Waals surface area contributed by atoms with E-state index in [4.69, 9.17) is 23.2 Å². The van der Waals surface area contributed by atoms with Crippen LogP contribution in [0.3, 0.4) is 0 Å². The van der Waals surface area contributed by atoms with Gasteiger partial charge in [0.25, 0.3) is 0 Å². The third-order valence-electron chi connectivity index (χ3n) is 3.12. The van der Waals surface area contributed by atoms with Gasteiger partial charge in [-0.3, -0.25) is 0 Å². The molecule has 0 spiro atoms. The van der Waals surface area contributed by atoms with E-state index in [-0.39, 0.29) is 0 Å². The number of nitrogens with one attached hydrogen (secondary N) is 1. The van der Waals surface area contributed by atoms with Crippen LogP contribution in [0.4, 0.5) is 5.69 Å². The topological polar surface area (TPSA) is 15.3 Å². The lowest BCUT2D eigenvalue weighted by Crippen LogP contribution is -2.33. The van der Waals surface area contributed by atoms with Crippen LogP contribution in [0, 0.1) is 0 Å². The summed E-state index contributed by atoms with van der Waals surface area (Å²) in [7, 11) is 0. The van der Waals surface area contributed by atoms with Crippen molar-refractivity contribution in [2.75, 3.05) is 24.5 Å². The minimum Gasteiger partial charge on any atom is -0.369 e. The van der Waals surface area contributed by atoms with Crippen molar-refractivity contribution in [1.82, 2.24) is 5.32 Å². The summed E-state index contributed by atoms with van der Waals surface area (Å²) in [6.07, 6.45) is 2.34. The van der Waals surface area contributed by atoms with Crippen molar-refractivity contribution >= 4 is 28.9 Å². The zero-order valence-electron chi connectivity index (χ0n) is 10.0. The first-order valence-electron chi connectivity index (χ1n) is 6.14. The van der Waals surface area contributed by atoms with E-state index in [1.807, 2.05) is 18.2 Å². The van der Waals surface area contributed by atoms with Gasteiger partial charge in [0.1, 0.15) is 0 Å². The van der Waals surface area contributed by atoms with Crippen molar-refractivity contribution in [3.8, 4) is 0 Å². The van der Waals surface area contributed by atoms with E-state index in [0.717, 1.165) is 35.4 Å². The minimum atomic E-state index is 0.574. The highest BCUT2D eigenvalue weighted by Gasteiger charge is 2.23. The Balaban J connectivity index is 2.02. The fourth-order valence-electron chi connectivity index (χ4n) is 2.22. The molecule has 2 rings (SSSR count). The van der Waals surface area contributed by atoms with E-state index in [9.17, 15) is 0 Å². The molecular weight excluding hydrogens is 255 g/mol. The predicted molar refractivity (Wildman–Crippen MR) is 75.4 cm³/mol. The number of rotatable bonds is 4. The Kier molecular flexibility index (Phi) is 4.55. The SMILES string of the molecule is CCCNC1CCN(c2cc(Cl)ccc2Cl)C1. The Morgan fingerprint density at radius 2 is 2.24 bits per heavy atom. The van der Waals surface area contributed by atoms with E-state index >= 15 is 0 Å². The first-order chi connectivity index (χ1) is 8.20. The standard InChI is InChI=1S/C13H18Cl2N2/c1-2-6-16-11-5-7-17(9-11)13-8-10(14)3-4-12(13)15/h3-4,8,11,16H,2,5-7,9H2,1H3. The van der Waals surface area contributed by atoms with E-state index < -0.39 is 0 Å². The molecule has 94 valence electrons. The maximum atomic E-state index is 6.21. The molecule has 1 N–H and O–H groups in total. The number of halogens is 2. The molecule has 0 radical (unpaired) electrons. The van der Waals surface area contributed by atoms with Gasteiger partial charge in [-0.05, 0) is 37.6 Å². The molecule has 1 aliphatic heterocycles. The second kappa shape index (κ2) is 5.94. The molecule has 1 aromatic rings. The Morgan fingerprint density at radius 3 is 3.00 bits per heavy atom. The largest absolute Gasteiger partial charge is 0.369 e. The lowest BCUT2D eigenvalue weighted by molar-refractivity contribution is 0.549. The van der Waals surface area contributed by atoms with Gasteiger partial charge < -0.3 is 10.2 Å². The summed E-state index contributed by atoms with van der Waals surface area (Å²) < 4.78 is 0. The molecule has 0 bridgehead atoms. The van der Waals surface area contributed by atoms with Crippen LogP contribution in [0.1, 0.15) is 19.8 Å². The third-order valence-corrected chi connectivity index (χ3v) is 3.67. The maximum absolute atomic E-state index is 6.21. The van der Waals surface area contributed by atoms with Crippen LogP contribution in [-0.2, 0) is 0 Å². The third kappa shape index (κ3) is 3.27. The summed E-state index contributed by atoms with van der Waals surface area (Å²) in [6, 6.07) is 6.22. The lowest BCUT2D eigenvalue weighted by atomic mass is 10.2. The highest BCUT2D eigenvalue weighted by atomic mass is 35.5. The number of benzene rings is 1. The van der Waals surface area contributed by atoms with Crippen molar-refractivity contribution in [2.24, 2.45) is 0 Å². The van der Waals surface area contributed by atoms with Gasteiger partial charge in [0.2, 0.25) is 0 Å². The molecule has 0 aliphatic carbocycles. The van der Waals surface area contributed by atoms with E-state index in [0.29, 0.717) is 6.04 Å². The molecule has 1 fully saturated rings. The zero-order chi connectivity index (χ0) is 12.3. The van der Waals surface area contributed by atoms with Crippen molar-refractivity contribution in [3.63, 3.8) is 0 Å². The molecule has 0 amide bonds. The fourth-order valence-corrected chi connectivity index (χ4v) is 2.63. The van der Waals surface area contributed by atoms with Crippen LogP contribution in [0.25, 0.3) is 0 Å². The predicted octanol–water partition coefficient (Wildman–Crippen LogP) is 3.57. The Morgan fingerprint density at radius 1 is 1.41 bits per heavy atom. The van der Waals surface area contributed by atoms with Gasteiger partial charge in [0, 0.05) is 24.2 Å². The van der Waals surface area contributed by atoms with Crippen LogP contribution >= 0.6 is 23.2 Å². The number of anilines is 1. The monoisotopic (exact) mass is 272 g/mol. The van der Waals surface area contributed by atoms with Crippen molar-refractivity contribution in [3.05, 3.63) is 28.2 Å². The van der Waals surface area contributed by atoms with Gasteiger partial charge in [0.05, 0.1) is 10.7 Å². The molecule has 0 saturated carbocycles. The molecule has 17 heavy (non-hydrogen) atoms. The normalized spacial score (nSPS) is 19.9. The van der Waals surface area contributed by atoms with Crippen molar-refractivity contribution in [2.45, 2.75) is 25.8 Å². The van der Waals surface area contributed by atoms with Gasteiger partial charge in [-0.15, -0.1) is 0 Å². The quantitative estimate of drug-likeness (QED) is 0.902. The van der Waals surface area contributed by atoms with Crippen LogP contribution in [0.15, 0.2) is 18.2 Å². The molecule has 1 heterocycles. The first-order valence-corrected chi connectivity index (χ1v) is 6.89. The van der Waals surface area contributed by atoms with E-state index in [1.165, 1.54) is 12.8 Å². The van der Waals surface area contributed by atoms with E-state index in [1.54, 1.807) is 0 Å². The summed E-state index contributed by atoms with van der Waals surface area (Å²) in [6.45, 7) is 5.33. The maximum Gasteiger partial charge on any atom is 0.0640 e. The summed E-state index contributed by atoms with van der Waals surface area (Å²) in [4.78, 5) is 2.31. The van der Waals surface area contributed by atoms with Crippen molar-refractivity contribution in [1.29, 1.82) is 0 Å². The Hall–Kier alpha value is -0.440. The van der Waals surface area contributed by atoms with Gasteiger partial charge >= 0.3 is 0 Å². The summed E-state index contributed by atoms with van der Waals surface area (Å²) in [5.41, 5.74) is 1.06. The van der Waals surface area contributed by atoms with E-state index in [2.05, 4.69) is 17.1 Å². The molecule has 1 atom stereocenters. The van der Waals surface area contributed by atoms with Crippen LogP contribution < -0.4 is 10.2 Å². The Labute approximate surface area is 113 Å². The Bertz CT molecular complexity index is 382. The van der Waals surface area contributed by atoms with Crippen LogP contribution in [0.2, 0.25) is 10.0 Å². The molecule has 1 aliphatic rings. The average molecular weight is 273 g/mol. The van der Waals surface area contributed by atoms with Crippen LogP contribution in [-0.4, -0.2) is 25.7 Å². The average Bonchev–Trinajstić information content (AvgIpc) is 2.78. The van der Waals surface area contributed by atoms with Crippen LogP contribution in [0.5, 0.6) is 0 Å². The van der Waals surface area contributed by atoms with Gasteiger partial charge in [-0.2, -0.15) is 0 Å². The molecule has 1 unspecified atom stereocenters. The molecule has 1 aromatic carbocycles. The summed E-state index contributed by atoms with van der Waals surface area (Å²) in [5, 5.41) is 5.08. The second-order valence-corrected chi connectivity index (χ2v) is 5.33. The molecular formula is C13H18Cl2N2. The molecule has 1 saturated heterocycles. The highest BCUT2D eigenvalue weighted by molar-refractivity contribution is 6.35. The number of hydrogen-bond acceptors (Lipinski definition) is 2. The highest BCUT2D eigenvalue weighted by Crippen LogP contribution is 2.31. The van der Waals surface area contributed by atoms with Gasteiger partial charge in [0.15, 0.2) is 0 Å². The smallest absolute Gasteiger partial charge is 0.0640 e. The zero-order valence-corrected chi connectivity index (χ0v) is 11.6. The van der Waals surface area contributed by atoms with Gasteiger partial charge in [-0.25, -0.2) is 0 Å². The molecule has 0 aromatic heterocycles. The fraction of sp³-hybridized carbons (Fsp3) is 0.538. The van der Waals surface area contributed by atoms with Crippen molar-refractivity contribution < 1.29 is 0 Å². The number of nitrogens with zero attached hydrogens (tertiary/aromatic N) is 1. The first kappa shape index (κ1) is 13.0. The molecule has 4 heteroatoms. The van der Waals surface area contributed by atoms with Gasteiger partial charge in [-0.1, -0.05) is 30.1 Å². The second-order valence-electron chi connectivity index (χ2n) is 4.48. The molecule has 2 nitrogen and oxygen atoms in total. The lowest BCUT2D eigenvalue weighted by Gasteiger charge is -2.20. The summed E-state index contributed by atoms with van der Waals surface area (Å²) in [5.74, 6) is 0. The summed E-state index contributed by atoms with van der Waals surface area (Å²) >= 11 is 12.2. The number of hydrogen-bond donors (Lipinski definition) is 1.